The van der Waals surface area contributed by atoms with Crippen LogP contribution in [0.4, 0.5) is 5.69 Å². The fourth-order valence-corrected chi connectivity index (χ4v) is 6.70. The van der Waals surface area contributed by atoms with Gasteiger partial charge in [-0.3, -0.25) is 14.4 Å². The second-order valence-corrected chi connectivity index (χ2v) is 10.8. The number of anilines is 1. The van der Waals surface area contributed by atoms with Gasteiger partial charge in [-0.05, 0) is 48.9 Å². The molecule has 2 N–H and O–H groups in total. The summed E-state index contributed by atoms with van der Waals surface area (Å²) in [5, 5.41) is 6.21. The Morgan fingerprint density at radius 2 is 1.92 bits per heavy atom. The number of methoxy groups -OCH3 is 1. The lowest BCUT2D eigenvalue weighted by Gasteiger charge is -2.38. The summed E-state index contributed by atoms with van der Waals surface area (Å²) < 4.78 is 11.6. The molecule has 8 heteroatoms. The Morgan fingerprint density at radius 1 is 1.17 bits per heavy atom. The second-order valence-electron chi connectivity index (χ2n) is 10.8. The molecule has 194 valence electrons. The summed E-state index contributed by atoms with van der Waals surface area (Å²) in [5.74, 6) is -0.456. The standard InChI is InChI=1S/C28H37N3O5/c1-5-15-31-24(26(33)30-20-8-6-7-16(2)17(20)3)28-14-13-21(36-28)22(23(28)27(31)34)25(32)29-18-9-11-19(35-4)12-10-18/h9-14,16-17,20-24H,5-8,15H2,1-4H3,(H,29,32)(H,30,33). The van der Waals surface area contributed by atoms with E-state index in [9.17, 15) is 14.4 Å². The molecule has 1 aromatic rings. The van der Waals surface area contributed by atoms with E-state index in [1.54, 1.807) is 36.3 Å². The Kier molecular flexibility index (Phi) is 6.57. The fourth-order valence-electron chi connectivity index (χ4n) is 6.70. The Hall–Kier alpha value is -2.87. The average molecular weight is 496 g/mol. The van der Waals surface area contributed by atoms with E-state index >= 15 is 0 Å². The Morgan fingerprint density at radius 3 is 2.61 bits per heavy atom. The van der Waals surface area contributed by atoms with Crippen molar-refractivity contribution in [1.82, 2.24) is 10.2 Å². The first-order valence-corrected chi connectivity index (χ1v) is 13.2. The van der Waals surface area contributed by atoms with Crippen molar-refractivity contribution in [3.05, 3.63) is 36.4 Å². The number of benzene rings is 1. The number of carbonyl (C=O) groups excluding carboxylic acids is 3. The maximum atomic E-state index is 13.8. The van der Waals surface area contributed by atoms with Crippen molar-refractivity contribution < 1.29 is 23.9 Å². The van der Waals surface area contributed by atoms with Gasteiger partial charge in [0.1, 0.15) is 17.4 Å². The lowest BCUT2D eigenvalue weighted by atomic mass is 9.73. The minimum absolute atomic E-state index is 0.0760. The lowest BCUT2D eigenvalue weighted by Crippen LogP contribution is -2.57. The number of hydrogen-bond donors (Lipinski definition) is 2. The highest BCUT2D eigenvalue weighted by atomic mass is 16.5. The number of nitrogens with one attached hydrogen (secondary N) is 2. The second kappa shape index (κ2) is 9.54. The van der Waals surface area contributed by atoms with Crippen molar-refractivity contribution in [3.8, 4) is 5.75 Å². The minimum atomic E-state index is -1.12. The summed E-state index contributed by atoms with van der Waals surface area (Å²) >= 11 is 0. The smallest absolute Gasteiger partial charge is 0.246 e. The molecule has 2 bridgehead atoms. The molecule has 1 aliphatic carbocycles. The van der Waals surface area contributed by atoms with Gasteiger partial charge in [0.25, 0.3) is 0 Å². The molecule has 3 heterocycles. The summed E-state index contributed by atoms with van der Waals surface area (Å²) in [6.07, 6.45) is 7.08. The van der Waals surface area contributed by atoms with Gasteiger partial charge in [-0.15, -0.1) is 0 Å². The van der Waals surface area contributed by atoms with Gasteiger partial charge in [0.15, 0.2) is 0 Å². The normalized spacial score (nSPS) is 36.6. The topological polar surface area (TPSA) is 97.0 Å². The number of nitrogens with zero attached hydrogens (tertiary/aromatic N) is 1. The van der Waals surface area contributed by atoms with E-state index in [4.69, 9.17) is 9.47 Å². The molecule has 1 saturated carbocycles. The monoisotopic (exact) mass is 495 g/mol. The van der Waals surface area contributed by atoms with Gasteiger partial charge >= 0.3 is 0 Å². The SMILES string of the molecule is CCCN1C(=O)C2C(C(=O)Nc3ccc(OC)cc3)C3C=CC2(O3)C1C(=O)NC1CCCC(C)C1C. The van der Waals surface area contributed by atoms with Crippen LogP contribution in [0.5, 0.6) is 5.75 Å². The molecule has 0 aromatic heterocycles. The molecule has 3 amide bonds. The largest absolute Gasteiger partial charge is 0.497 e. The number of amides is 3. The van der Waals surface area contributed by atoms with Crippen LogP contribution in [0.2, 0.25) is 0 Å². The highest BCUT2D eigenvalue weighted by Crippen LogP contribution is 2.55. The molecule has 3 fully saturated rings. The fraction of sp³-hybridized carbons (Fsp3) is 0.607. The first kappa shape index (κ1) is 24.8. The predicted molar refractivity (Wildman–Crippen MR) is 135 cm³/mol. The van der Waals surface area contributed by atoms with Gasteiger partial charge in [-0.2, -0.15) is 0 Å². The van der Waals surface area contributed by atoms with Gasteiger partial charge in [0.2, 0.25) is 17.7 Å². The van der Waals surface area contributed by atoms with Crippen LogP contribution in [0, 0.1) is 23.7 Å². The zero-order chi connectivity index (χ0) is 25.6. The number of fused-ring (bicyclic) bond motifs is 1. The van der Waals surface area contributed by atoms with Crippen molar-refractivity contribution in [2.24, 2.45) is 23.7 Å². The lowest BCUT2D eigenvalue weighted by molar-refractivity contribution is -0.141. The highest BCUT2D eigenvalue weighted by molar-refractivity contribution is 6.02. The Labute approximate surface area is 212 Å². The van der Waals surface area contributed by atoms with Crippen LogP contribution in [0.3, 0.4) is 0 Å². The molecule has 1 spiro atoms. The predicted octanol–water partition coefficient (Wildman–Crippen LogP) is 3.14. The first-order chi connectivity index (χ1) is 17.3. The van der Waals surface area contributed by atoms with E-state index in [-0.39, 0.29) is 23.8 Å². The maximum absolute atomic E-state index is 13.8. The molecule has 0 radical (unpaired) electrons. The summed E-state index contributed by atoms with van der Waals surface area (Å²) in [4.78, 5) is 42.7. The maximum Gasteiger partial charge on any atom is 0.246 e. The molecule has 8 nitrogen and oxygen atoms in total. The molecule has 8 atom stereocenters. The number of hydrogen-bond acceptors (Lipinski definition) is 5. The average Bonchev–Trinajstić information content (AvgIpc) is 3.50. The van der Waals surface area contributed by atoms with E-state index in [0.29, 0.717) is 36.2 Å². The molecular formula is C28H37N3O5. The number of ether oxygens (including phenoxy) is 2. The van der Waals surface area contributed by atoms with Gasteiger partial charge in [0.05, 0.1) is 25.0 Å². The molecule has 36 heavy (non-hydrogen) atoms. The Bertz CT molecular complexity index is 1060. The third kappa shape index (κ3) is 3.90. The minimum Gasteiger partial charge on any atom is -0.497 e. The first-order valence-electron chi connectivity index (χ1n) is 13.2. The molecule has 5 rings (SSSR count). The summed E-state index contributed by atoms with van der Waals surface area (Å²) in [5.41, 5.74) is -0.501. The van der Waals surface area contributed by atoms with Gasteiger partial charge < -0.3 is 25.0 Å². The Balaban J connectivity index is 1.40. The number of likely N-dealkylation sites (tertiary alicyclic amines) is 1. The number of carbonyl (C=O) groups is 3. The van der Waals surface area contributed by atoms with E-state index < -0.39 is 29.6 Å². The van der Waals surface area contributed by atoms with Crippen molar-refractivity contribution in [1.29, 1.82) is 0 Å². The van der Waals surface area contributed by atoms with Gasteiger partial charge in [-0.25, -0.2) is 0 Å². The molecule has 4 aliphatic rings. The molecular weight excluding hydrogens is 458 g/mol. The quantitative estimate of drug-likeness (QED) is 0.567. The van der Waals surface area contributed by atoms with E-state index in [1.165, 1.54) is 6.42 Å². The third-order valence-electron chi connectivity index (χ3n) is 8.78. The molecule has 3 aliphatic heterocycles. The van der Waals surface area contributed by atoms with Crippen molar-refractivity contribution in [2.75, 3.05) is 19.0 Å². The molecule has 2 saturated heterocycles. The zero-order valence-corrected chi connectivity index (χ0v) is 21.5. The van der Waals surface area contributed by atoms with Crippen LogP contribution in [0.1, 0.15) is 46.5 Å². The van der Waals surface area contributed by atoms with E-state index in [2.05, 4.69) is 24.5 Å². The van der Waals surface area contributed by atoms with Crippen LogP contribution in [-0.2, 0) is 19.1 Å². The van der Waals surface area contributed by atoms with Crippen LogP contribution in [0.25, 0.3) is 0 Å². The van der Waals surface area contributed by atoms with Gasteiger partial charge in [0, 0.05) is 18.3 Å². The third-order valence-corrected chi connectivity index (χ3v) is 8.78. The van der Waals surface area contributed by atoms with Crippen molar-refractivity contribution in [3.63, 3.8) is 0 Å². The van der Waals surface area contributed by atoms with Crippen molar-refractivity contribution in [2.45, 2.75) is 70.2 Å². The van der Waals surface area contributed by atoms with Crippen LogP contribution in [-0.4, -0.2) is 60.1 Å². The van der Waals surface area contributed by atoms with Crippen LogP contribution < -0.4 is 15.4 Å². The summed E-state index contributed by atoms with van der Waals surface area (Å²) in [7, 11) is 1.59. The number of rotatable bonds is 7. The van der Waals surface area contributed by atoms with E-state index in [1.807, 2.05) is 19.1 Å². The summed E-state index contributed by atoms with van der Waals surface area (Å²) in [6, 6.07) is 6.36. The van der Waals surface area contributed by atoms with Crippen LogP contribution in [0.15, 0.2) is 36.4 Å². The highest BCUT2D eigenvalue weighted by Gasteiger charge is 2.72. The van der Waals surface area contributed by atoms with Crippen molar-refractivity contribution >= 4 is 23.4 Å². The molecule has 8 unspecified atom stereocenters. The van der Waals surface area contributed by atoms with Gasteiger partial charge in [-0.1, -0.05) is 45.8 Å². The van der Waals surface area contributed by atoms with E-state index in [0.717, 1.165) is 12.8 Å². The zero-order valence-electron chi connectivity index (χ0n) is 21.5. The molecule has 1 aromatic carbocycles. The summed E-state index contributed by atoms with van der Waals surface area (Å²) in [6.45, 7) is 6.86. The van der Waals surface area contributed by atoms with Crippen LogP contribution >= 0.6 is 0 Å².